The molecule has 6 nitrogen and oxygen atoms in total. The third-order valence-electron chi connectivity index (χ3n) is 12.5. The van der Waals surface area contributed by atoms with Gasteiger partial charge >= 0.3 is 0 Å². The van der Waals surface area contributed by atoms with Crippen LogP contribution in [0.3, 0.4) is 0 Å². The van der Waals surface area contributed by atoms with Crippen LogP contribution in [-0.2, 0) is 0 Å². The number of fused-ring (bicyclic) bond motifs is 9. The Morgan fingerprint density at radius 1 is 0.426 bits per heavy atom. The van der Waals surface area contributed by atoms with E-state index in [1.165, 1.54) is 22.3 Å². The molecule has 6 heteroatoms. The Morgan fingerprint density at radius 2 is 0.803 bits per heavy atom. The molecule has 0 saturated carbocycles. The quantitative estimate of drug-likeness (QED) is 0.178. The normalized spacial score (nSPS) is 11.7. The highest BCUT2D eigenvalue weighted by molar-refractivity contribution is 6.14. The first-order chi connectivity index (χ1) is 29.6. The Morgan fingerprint density at radius 3 is 1.18 bits per heavy atom. The molecule has 290 valence electrons. The molecular formula is C55H40N6. The molecular weight excluding hydrogens is 745 g/mol. The summed E-state index contributed by atoms with van der Waals surface area (Å²) < 4.78 is 6.96. The fourth-order valence-corrected chi connectivity index (χ4v) is 9.75. The van der Waals surface area contributed by atoms with Gasteiger partial charge in [0.1, 0.15) is 12.1 Å². The first-order valence-corrected chi connectivity index (χ1v) is 20.7. The molecule has 0 N–H and O–H groups in total. The summed E-state index contributed by atoms with van der Waals surface area (Å²) in [4.78, 5) is 5.63. The van der Waals surface area contributed by atoms with Gasteiger partial charge in [-0.2, -0.15) is 10.5 Å². The lowest BCUT2D eigenvalue weighted by atomic mass is 9.94. The third-order valence-corrected chi connectivity index (χ3v) is 12.5. The summed E-state index contributed by atoms with van der Waals surface area (Å²) in [6.45, 7) is 12.8. The zero-order chi connectivity index (χ0) is 41.8. The number of aryl methyl sites for hydroxylation is 6. The third kappa shape index (κ3) is 5.29. The average molecular weight is 785 g/mol. The maximum absolute atomic E-state index is 11.1. The van der Waals surface area contributed by atoms with Gasteiger partial charge in [0.25, 0.3) is 0 Å². The van der Waals surface area contributed by atoms with E-state index in [1.54, 1.807) is 6.07 Å². The van der Waals surface area contributed by atoms with Crippen molar-refractivity contribution in [1.82, 2.24) is 18.7 Å². The van der Waals surface area contributed by atoms with E-state index in [2.05, 4.69) is 177 Å². The van der Waals surface area contributed by atoms with Gasteiger partial charge in [0, 0.05) is 43.4 Å². The van der Waals surface area contributed by atoms with Gasteiger partial charge in [-0.1, -0.05) is 81.9 Å². The minimum absolute atomic E-state index is 0.318. The second-order valence-electron chi connectivity index (χ2n) is 16.8. The summed E-state index contributed by atoms with van der Waals surface area (Å²) in [5.74, 6) is 0.713. The van der Waals surface area contributed by atoms with E-state index in [0.29, 0.717) is 22.5 Å². The van der Waals surface area contributed by atoms with E-state index < -0.39 is 0 Å². The molecule has 0 amide bonds. The largest absolute Gasteiger partial charge is 0.307 e. The van der Waals surface area contributed by atoms with Crippen molar-refractivity contribution in [3.8, 4) is 40.5 Å². The van der Waals surface area contributed by atoms with E-state index in [-0.39, 0.29) is 0 Å². The molecule has 0 aliphatic carbocycles. The number of nitrogens with zero attached hydrogens (tertiary/aromatic N) is 6. The molecule has 61 heavy (non-hydrogen) atoms. The van der Waals surface area contributed by atoms with Crippen LogP contribution in [-0.4, -0.2) is 18.7 Å². The number of benzene rings is 7. The van der Waals surface area contributed by atoms with Crippen molar-refractivity contribution in [2.24, 2.45) is 0 Å². The number of hydrogen-bond donors (Lipinski definition) is 0. The number of aromatic nitrogens is 4. The Bertz CT molecular complexity index is 3620. The first-order valence-electron chi connectivity index (χ1n) is 20.7. The number of pyridine rings is 1. The molecule has 0 atom stereocenters. The first kappa shape index (κ1) is 36.2. The highest BCUT2D eigenvalue weighted by atomic mass is 15.1. The molecule has 0 bridgehead atoms. The van der Waals surface area contributed by atoms with Crippen molar-refractivity contribution < 1.29 is 0 Å². The molecule has 0 aliphatic rings. The predicted octanol–water partition coefficient (Wildman–Crippen LogP) is 13.6. The molecule has 0 radical (unpaired) electrons. The summed E-state index contributed by atoms with van der Waals surface area (Å²) >= 11 is 0. The van der Waals surface area contributed by atoms with Gasteiger partial charge in [-0.05, 0) is 120 Å². The molecule has 0 aliphatic heterocycles. The highest BCUT2D eigenvalue weighted by Gasteiger charge is 2.29. The molecule has 0 saturated heterocycles. The standard InChI is InChI=1S/C55H40N6/c1-31-10-16-46-39(22-31)40-23-32(2)11-17-47(40)59(46)52-30-58-55(61-50-20-14-35(5)26-43(50)44-27-36(6)15-21-51(44)61)54(53(52)38-9-7-8-37(28-56)45(38)29-57)60-48-18-12-33(3)24-41(48)42-25-34(4)13-19-49(42)60/h7-27,30H,1-6H3. The van der Waals surface area contributed by atoms with Gasteiger partial charge in [-0.15, -0.1) is 0 Å². The second kappa shape index (κ2) is 13.3. The van der Waals surface area contributed by atoms with Crippen molar-refractivity contribution >= 4 is 65.4 Å². The van der Waals surface area contributed by atoms with Crippen LogP contribution in [0.5, 0.6) is 0 Å². The summed E-state index contributed by atoms with van der Waals surface area (Å²) in [5.41, 5.74) is 16.9. The zero-order valence-electron chi connectivity index (χ0n) is 34.9. The SMILES string of the molecule is Cc1ccc2c(c1)c1cc(C)ccc1n2-c1cnc(-n2c3ccc(C)cc3c3cc(C)ccc32)c(-n2c3ccc(C)cc3c3cc(C)ccc32)c1-c1cccc(C#N)c1C#N. The lowest BCUT2D eigenvalue weighted by molar-refractivity contribution is 1.01. The van der Waals surface area contributed by atoms with Crippen molar-refractivity contribution in [1.29, 1.82) is 10.5 Å². The minimum Gasteiger partial charge on any atom is -0.307 e. The molecule has 0 unspecified atom stereocenters. The van der Waals surface area contributed by atoms with Crippen LogP contribution < -0.4 is 0 Å². The predicted molar refractivity (Wildman–Crippen MR) is 251 cm³/mol. The lowest BCUT2D eigenvalue weighted by Crippen LogP contribution is -2.12. The molecule has 11 aromatic rings. The number of nitriles is 2. The summed E-state index contributed by atoms with van der Waals surface area (Å²) in [6.07, 6.45) is 1.98. The Hall–Kier alpha value is -7.93. The highest BCUT2D eigenvalue weighted by Crippen LogP contribution is 2.47. The smallest absolute Gasteiger partial charge is 0.162 e. The lowest BCUT2D eigenvalue weighted by Gasteiger charge is -2.24. The van der Waals surface area contributed by atoms with Gasteiger partial charge in [0.05, 0.1) is 61.8 Å². The van der Waals surface area contributed by atoms with E-state index >= 15 is 0 Å². The molecule has 4 aromatic heterocycles. The number of rotatable bonds is 4. The summed E-state index contributed by atoms with van der Waals surface area (Å²) in [5, 5.41) is 28.5. The van der Waals surface area contributed by atoms with Gasteiger partial charge < -0.3 is 9.13 Å². The molecule has 0 fully saturated rings. The molecule has 7 aromatic carbocycles. The Labute approximate surface area is 353 Å². The maximum atomic E-state index is 11.1. The van der Waals surface area contributed by atoms with E-state index in [0.717, 1.165) is 93.5 Å². The number of hydrogen-bond acceptors (Lipinski definition) is 3. The summed E-state index contributed by atoms with van der Waals surface area (Å²) in [6, 6.07) is 50.2. The van der Waals surface area contributed by atoms with Gasteiger partial charge in [0.15, 0.2) is 5.82 Å². The molecule has 0 spiro atoms. The summed E-state index contributed by atoms with van der Waals surface area (Å²) in [7, 11) is 0. The Balaban J connectivity index is 1.44. The average Bonchev–Trinajstić information content (AvgIpc) is 3.86. The van der Waals surface area contributed by atoms with Crippen LogP contribution in [0, 0.1) is 64.2 Å². The van der Waals surface area contributed by atoms with Gasteiger partial charge in [0.2, 0.25) is 0 Å². The maximum Gasteiger partial charge on any atom is 0.162 e. The van der Waals surface area contributed by atoms with Crippen LogP contribution in [0.2, 0.25) is 0 Å². The second-order valence-corrected chi connectivity index (χ2v) is 16.8. The fraction of sp³-hybridized carbons (Fsp3) is 0.109. The van der Waals surface area contributed by atoms with Crippen molar-refractivity contribution in [2.45, 2.75) is 41.5 Å². The van der Waals surface area contributed by atoms with E-state index in [9.17, 15) is 10.5 Å². The fourth-order valence-electron chi connectivity index (χ4n) is 9.75. The van der Waals surface area contributed by atoms with Crippen molar-refractivity contribution in [2.75, 3.05) is 0 Å². The topological polar surface area (TPSA) is 75.3 Å². The monoisotopic (exact) mass is 784 g/mol. The van der Waals surface area contributed by atoms with Gasteiger partial charge in [-0.25, -0.2) is 4.98 Å². The Kier molecular flexibility index (Phi) is 7.88. The van der Waals surface area contributed by atoms with Gasteiger partial charge in [-0.3, -0.25) is 4.57 Å². The van der Waals surface area contributed by atoms with E-state index in [1.807, 2.05) is 18.3 Å². The van der Waals surface area contributed by atoms with Crippen molar-refractivity contribution in [3.05, 3.63) is 178 Å². The van der Waals surface area contributed by atoms with Crippen LogP contribution in [0.25, 0.3) is 93.7 Å². The molecule has 11 rings (SSSR count). The van der Waals surface area contributed by atoms with Crippen molar-refractivity contribution in [3.63, 3.8) is 0 Å². The van der Waals surface area contributed by atoms with Crippen LogP contribution in [0.4, 0.5) is 0 Å². The molecule has 4 heterocycles. The van der Waals surface area contributed by atoms with Crippen LogP contribution in [0.15, 0.2) is 134 Å². The van der Waals surface area contributed by atoms with Crippen LogP contribution >= 0.6 is 0 Å². The zero-order valence-corrected chi connectivity index (χ0v) is 34.9. The van der Waals surface area contributed by atoms with Crippen LogP contribution in [0.1, 0.15) is 44.5 Å². The van der Waals surface area contributed by atoms with E-state index in [4.69, 9.17) is 4.98 Å². The minimum atomic E-state index is 0.318.